The summed E-state index contributed by atoms with van der Waals surface area (Å²) in [7, 11) is -3.45. The number of piperazine rings is 1. The quantitative estimate of drug-likeness (QED) is 0.462. The van der Waals surface area contributed by atoms with Gasteiger partial charge in [-0.15, -0.1) is 0 Å². The van der Waals surface area contributed by atoms with Gasteiger partial charge in [-0.1, -0.05) is 12.2 Å². The molecule has 0 unspecified atom stereocenters. The van der Waals surface area contributed by atoms with Gasteiger partial charge in [0.1, 0.15) is 11.8 Å². The molecule has 3 fully saturated rings. The van der Waals surface area contributed by atoms with Gasteiger partial charge >= 0.3 is 13.8 Å². The zero-order valence-corrected chi connectivity index (χ0v) is 20.8. The average molecular weight is 526 g/mol. The molecule has 3 saturated heterocycles. The van der Waals surface area contributed by atoms with Crippen molar-refractivity contribution in [1.29, 1.82) is 0 Å². The van der Waals surface area contributed by atoms with Gasteiger partial charge in [0, 0.05) is 50.7 Å². The number of benzene rings is 1. The van der Waals surface area contributed by atoms with Crippen molar-refractivity contribution < 1.29 is 36.7 Å². The molecule has 1 atom stereocenters. The Kier molecular flexibility index (Phi) is 6.80. The summed E-state index contributed by atoms with van der Waals surface area (Å²) in [6.07, 6.45) is 4.46. The third kappa shape index (κ3) is 4.87. The Labute approximate surface area is 207 Å². The maximum Gasteiger partial charge on any atom is 0.414 e. The van der Waals surface area contributed by atoms with Crippen molar-refractivity contribution >= 4 is 31.1 Å². The maximum atomic E-state index is 15.1. The van der Waals surface area contributed by atoms with E-state index in [-0.39, 0.29) is 62.0 Å². The predicted octanol–water partition coefficient (Wildman–Crippen LogP) is 3.04. The van der Waals surface area contributed by atoms with Crippen molar-refractivity contribution in [2.24, 2.45) is 5.41 Å². The Morgan fingerprint density at radius 1 is 1.11 bits per heavy atom. The van der Waals surface area contributed by atoms with Gasteiger partial charge in [-0.2, -0.15) is 0 Å². The molecule has 3 aliphatic heterocycles. The lowest BCUT2D eigenvalue weighted by Crippen LogP contribution is -2.47. The number of halogens is 2. The summed E-state index contributed by atoms with van der Waals surface area (Å²) >= 11 is 0. The molecule has 1 aromatic rings. The lowest BCUT2D eigenvalue weighted by atomic mass is 9.88. The first-order valence-corrected chi connectivity index (χ1v) is 13.4. The van der Waals surface area contributed by atoms with Crippen LogP contribution in [-0.2, 0) is 23.1 Å². The van der Waals surface area contributed by atoms with Gasteiger partial charge in [-0.25, -0.2) is 22.8 Å². The molecule has 1 N–H and O–H groups in total. The summed E-state index contributed by atoms with van der Waals surface area (Å²) < 4.78 is 61.7. The number of hydrogen-bond acceptors (Lipinski definition) is 7. The molecule has 196 valence electrons. The van der Waals surface area contributed by atoms with Gasteiger partial charge < -0.3 is 15.0 Å². The Morgan fingerprint density at radius 3 is 2.31 bits per heavy atom. The van der Waals surface area contributed by atoms with E-state index in [9.17, 15) is 14.2 Å². The number of nitrogens with zero attached hydrogens (tertiary/aromatic N) is 3. The topological polar surface area (TPSA) is 101 Å². The van der Waals surface area contributed by atoms with E-state index in [0.717, 1.165) is 29.9 Å². The SMILES string of the molecule is CC(=O)NC[C@H]1CN(c2cc(F)c(N3CCN(P4(=O)OCC5(CC=CC5)CO4)CC3)c(F)c2)C(=O)O1. The van der Waals surface area contributed by atoms with E-state index in [1.807, 2.05) is 0 Å². The van der Waals surface area contributed by atoms with Crippen LogP contribution in [0.1, 0.15) is 19.8 Å². The zero-order chi connectivity index (χ0) is 25.5. The first-order valence-electron chi connectivity index (χ1n) is 11.9. The van der Waals surface area contributed by atoms with E-state index in [1.54, 1.807) is 9.57 Å². The van der Waals surface area contributed by atoms with Crippen LogP contribution in [0.2, 0.25) is 0 Å². The monoisotopic (exact) mass is 526 g/mol. The number of carbonyl (C=O) groups is 2. The number of cyclic esters (lactones) is 1. The molecule has 0 radical (unpaired) electrons. The molecule has 4 aliphatic rings. The number of anilines is 2. The van der Waals surface area contributed by atoms with Gasteiger partial charge in [0.2, 0.25) is 5.91 Å². The third-order valence-corrected chi connectivity index (χ3v) is 9.02. The molecule has 0 saturated carbocycles. The standard InChI is InChI=1S/C23H29F2N4O6P/c1-16(30)26-12-18-13-29(22(31)35-18)17-10-19(24)21(20(25)11-17)27-6-8-28(9-7-27)36(32)33-14-23(15-34-36)4-2-3-5-23/h2-3,10-11,18H,4-9,12-15H2,1H3,(H,26,30)/t18-/m0/s1. The van der Waals surface area contributed by atoms with Crippen LogP contribution in [-0.4, -0.2) is 75.3 Å². The fraction of sp³-hybridized carbons (Fsp3) is 0.565. The number of amides is 2. The van der Waals surface area contributed by atoms with E-state index in [4.69, 9.17) is 13.8 Å². The maximum absolute atomic E-state index is 15.1. The third-order valence-electron chi connectivity index (χ3n) is 7.02. The van der Waals surface area contributed by atoms with Gasteiger partial charge in [0.05, 0.1) is 32.0 Å². The molecule has 10 nitrogen and oxygen atoms in total. The summed E-state index contributed by atoms with van der Waals surface area (Å²) in [6, 6.07) is 2.19. The van der Waals surface area contributed by atoms with Crippen molar-refractivity contribution in [2.75, 3.05) is 62.3 Å². The molecule has 1 aliphatic carbocycles. The second kappa shape index (κ2) is 9.74. The number of nitrogens with one attached hydrogen (secondary N) is 1. The molecule has 1 aromatic carbocycles. The predicted molar refractivity (Wildman–Crippen MR) is 127 cm³/mol. The smallest absolute Gasteiger partial charge is 0.414 e. The molecule has 2 amide bonds. The molecule has 13 heteroatoms. The van der Waals surface area contributed by atoms with Gasteiger partial charge in [0.25, 0.3) is 0 Å². The summed E-state index contributed by atoms with van der Waals surface area (Å²) in [4.78, 5) is 26.0. The van der Waals surface area contributed by atoms with Gasteiger partial charge in [-0.3, -0.25) is 18.7 Å². The van der Waals surface area contributed by atoms with Crippen molar-refractivity contribution in [3.63, 3.8) is 0 Å². The highest BCUT2D eigenvalue weighted by Gasteiger charge is 2.46. The molecule has 36 heavy (non-hydrogen) atoms. The lowest BCUT2D eigenvalue weighted by molar-refractivity contribution is -0.119. The van der Waals surface area contributed by atoms with E-state index in [1.165, 1.54) is 6.92 Å². The van der Waals surface area contributed by atoms with E-state index >= 15 is 8.78 Å². The molecule has 0 bridgehead atoms. The highest BCUT2D eigenvalue weighted by molar-refractivity contribution is 7.51. The van der Waals surface area contributed by atoms with E-state index < -0.39 is 31.6 Å². The molecular weight excluding hydrogens is 497 g/mol. The van der Waals surface area contributed by atoms with Crippen LogP contribution in [0.4, 0.5) is 25.0 Å². The fourth-order valence-electron chi connectivity index (χ4n) is 4.94. The van der Waals surface area contributed by atoms with Crippen LogP contribution in [0.25, 0.3) is 0 Å². The second-order valence-corrected chi connectivity index (χ2v) is 11.7. The minimum absolute atomic E-state index is 0.0338. The Hall–Kier alpha value is -2.53. The van der Waals surface area contributed by atoms with Crippen molar-refractivity contribution in [2.45, 2.75) is 25.9 Å². The fourth-order valence-corrected chi connectivity index (χ4v) is 6.88. The van der Waals surface area contributed by atoms with E-state index in [0.29, 0.717) is 13.2 Å². The first-order chi connectivity index (χ1) is 17.2. The van der Waals surface area contributed by atoms with E-state index in [2.05, 4.69) is 17.5 Å². The number of ether oxygens (including phenoxy) is 1. The van der Waals surface area contributed by atoms with Crippen molar-refractivity contribution in [3.8, 4) is 0 Å². The van der Waals surface area contributed by atoms with Crippen LogP contribution >= 0.6 is 7.75 Å². The summed E-state index contributed by atoms with van der Waals surface area (Å²) in [6.45, 7) is 3.18. The molecule has 0 aromatic heterocycles. The lowest BCUT2D eigenvalue weighted by Gasteiger charge is -2.43. The molecule has 1 spiro atoms. The highest BCUT2D eigenvalue weighted by atomic mass is 31.2. The minimum Gasteiger partial charge on any atom is -0.442 e. The van der Waals surface area contributed by atoms with Crippen LogP contribution in [0.3, 0.4) is 0 Å². The summed E-state index contributed by atoms with van der Waals surface area (Å²) in [5, 5.41) is 2.56. The van der Waals surface area contributed by atoms with Crippen molar-refractivity contribution in [1.82, 2.24) is 9.99 Å². The van der Waals surface area contributed by atoms with Crippen LogP contribution in [0.15, 0.2) is 24.3 Å². The van der Waals surface area contributed by atoms with Gasteiger partial charge in [0.15, 0.2) is 11.6 Å². The molecule has 5 rings (SSSR count). The number of allylic oxidation sites excluding steroid dienone is 2. The van der Waals surface area contributed by atoms with Crippen LogP contribution < -0.4 is 15.1 Å². The number of rotatable bonds is 5. The number of hydrogen-bond donors (Lipinski definition) is 1. The van der Waals surface area contributed by atoms with Crippen LogP contribution in [0, 0.1) is 17.0 Å². The van der Waals surface area contributed by atoms with Crippen molar-refractivity contribution in [3.05, 3.63) is 35.9 Å². The normalized spacial score (nSPS) is 25.4. The number of carbonyl (C=O) groups excluding carboxylic acids is 2. The summed E-state index contributed by atoms with van der Waals surface area (Å²) in [5.74, 6) is -1.90. The Bertz CT molecular complexity index is 1080. The highest BCUT2D eigenvalue weighted by Crippen LogP contribution is 2.58. The Morgan fingerprint density at radius 2 is 1.72 bits per heavy atom. The zero-order valence-electron chi connectivity index (χ0n) is 20.0. The Balaban J connectivity index is 1.21. The molecular formula is C23H29F2N4O6P. The first kappa shape index (κ1) is 25.1. The second-order valence-electron chi connectivity index (χ2n) is 9.65. The van der Waals surface area contributed by atoms with Gasteiger partial charge in [-0.05, 0) is 12.8 Å². The summed E-state index contributed by atoms with van der Waals surface area (Å²) in [5.41, 5.74) is -0.317. The minimum atomic E-state index is -3.45. The molecule has 3 heterocycles. The average Bonchev–Trinajstić information content (AvgIpc) is 3.46. The van der Waals surface area contributed by atoms with Crippen LogP contribution in [0.5, 0.6) is 0 Å². The largest absolute Gasteiger partial charge is 0.442 e.